The predicted molar refractivity (Wildman–Crippen MR) is 385 cm³/mol. The summed E-state index contributed by atoms with van der Waals surface area (Å²) in [6.45, 7) is 0.0123. The summed E-state index contributed by atoms with van der Waals surface area (Å²) in [5.41, 5.74) is 32.9. The molecule has 8 aliphatic rings. The number of rotatable bonds is 0. The third-order valence-electron chi connectivity index (χ3n) is 22.1. The fraction of sp³-hybridized carbons (Fsp3) is 0. The first-order valence-electron chi connectivity index (χ1n) is 31.4. The Bertz CT molecular complexity index is 6100. The van der Waals surface area contributed by atoms with Gasteiger partial charge in [-0.2, -0.15) is 0 Å². The lowest BCUT2D eigenvalue weighted by atomic mass is 9.31. The number of aromatic nitrogens is 4. The van der Waals surface area contributed by atoms with Crippen LogP contribution in [0.3, 0.4) is 0 Å². The van der Waals surface area contributed by atoms with Gasteiger partial charge in [0.05, 0.1) is 44.8 Å². The molecule has 0 N–H and O–H groups in total. The van der Waals surface area contributed by atoms with Crippen molar-refractivity contribution >= 4 is 227 Å². The molecule has 0 saturated carbocycles. The summed E-state index contributed by atoms with van der Waals surface area (Å²) in [7, 11) is 0. The molecule has 0 fully saturated rings. The van der Waals surface area contributed by atoms with Crippen molar-refractivity contribution in [2.45, 2.75) is 39.2 Å². The molecule has 25 rings (SSSR count). The summed E-state index contributed by atoms with van der Waals surface area (Å²) in [4.78, 5) is 11.0. The highest BCUT2D eigenvalue weighted by Crippen LogP contribution is 2.53. The van der Waals surface area contributed by atoms with Crippen molar-refractivity contribution in [2.24, 2.45) is 0 Å². The fourth-order valence-corrected chi connectivity index (χ4v) is 24.3. The van der Waals surface area contributed by atoms with E-state index in [1.807, 2.05) is 23.5 Å². The molecular weight excluding hydrogens is 1160 g/mol. The highest BCUT2D eigenvalue weighted by Gasteiger charge is 2.53. The van der Waals surface area contributed by atoms with Crippen molar-refractivity contribution in [2.75, 3.05) is 0 Å². The molecule has 8 aliphatic heterocycles. The van der Waals surface area contributed by atoms with Crippen molar-refractivity contribution in [3.05, 3.63) is 231 Å². The third-order valence-corrected chi connectivity index (χ3v) is 26.9. The maximum Gasteiger partial charge on any atom is 0.249 e. The van der Waals surface area contributed by atoms with E-state index in [2.05, 4.69) is 272 Å². The Morgan fingerprint density at radius 1 is 0.211 bits per heavy atom. The van der Waals surface area contributed by atoms with Crippen LogP contribution in [0.25, 0.3) is 110 Å². The Kier molecular flexibility index (Phi) is 8.22. The van der Waals surface area contributed by atoms with Crippen LogP contribution in [0.1, 0.15) is 0 Å². The van der Waals surface area contributed by atoms with Gasteiger partial charge < -0.3 is 18.3 Å². The highest BCUT2D eigenvalue weighted by atomic mass is 32.2. The average molecular weight is 1200 g/mol. The van der Waals surface area contributed by atoms with E-state index in [-0.39, 0.29) is 26.9 Å². The standard InChI is InChI=1S/C78H38B4N4S4/c1-7-31-55-39(17-1)43-21-13-27-49-67(43)83(55)71-63-75(87-59-35-11-5-25-47(59)79(49)63)73-65-77(71)89-61-38-62-54(37-53(61)81(65)51-29-15-23-45-41-19-3-9-33-57(41)85(73)69(45)51)82-52-30-16-24-46-42-20-4-10-34-58(42)86(70(46)52)74-66(82)78(90-62)72-64-76(74)88-60-36-12-6-26-48(60)80(64)50-28-14-22-44-40-18-2-8-32-56(40)84(72)68(44)50/h1-38H. The van der Waals surface area contributed by atoms with Gasteiger partial charge in [0.2, 0.25) is 26.9 Å². The number of hydrogen-bond donors (Lipinski definition) is 0. The third kappa shape index (κ3) is 5.12. The molecule has 0 radical (unpaired) electrons. The second-order valence-corrected chi connectivity index (χ2v) is 30.1. The van der Waals surface area contributed by atoms with Crippen molar-refractivity contribution in [3.63, 3.8) is 0 Å². The Labute approximate surface area is 533 Å². The van der Waals surface area contributed by atoms with Gasteiger partial charge in [0.1, 0.15) is 0 Å². The largest absolute Gasteiger partial charge is 0.309 e. The lowest BCUT2D eigenvalue weighted by molar-refractivity contribution is 1.07. The molecule has 12 heteroatoms. The van der Waals surface area contributed by atoms with Crippen LogP contribution < -0.4 is 65.6 Å². The quantitative estimate of drug-likeness (QED) is 0.141. The number of benzene rings is 13. The van der Waals surface area contributed by atoms with Gasteiger partial charge in [0.15, 0.2) is 0 Å². The maximum absolute atomic E-state index is 2.76. The molecular formula is C78H38B4N4S4. The first kappa shape index (κ1) is 46.8. The minimum atomic E-state index is -0.0467. The van der Waals surface area contributed by atoms with Crippen molar-refractivity contribution < 1.29 is 0 Å². The van der Waals surface area contributed by atoms with Crippen LogP contribution in [0.4, 0.5) is 0 Å². The molecule has 13 aromatic carbocycles. The van der Waals surface area contributed by atoms with Crippen LogP contribution in [-0.2, 0) is 0 Å². The number of hydrogen-bond acceptors (Lipinski definition) is 4. The van der Waals surface area contributed by atoms with Gasteiger partial charge in [0, 0.05) is 104 Å². The molecule has 90 heavy (non-hydrogen) atoms. The minimum absolute atomic E-state index is 0.0467. The Morgan fingerprint density at radius 3 is 0.800 bits per heavy atom. The van der Waals surface area contributed by atoms with Crippen LogP contribution in [0, 0.1) is 0 Å². The maximum atomic E-state index is 2.76. The van der Waals surface area contributed by atoms with Crippen LogP contribution >= 0.6 is 47.0 Å². The first-order chi connectivity index (χ1) is 44.7. The summed E-state index contributed by atoms with van der Waals surface area (Å²) in [6.07, 6.45) is 0. The Morgan fingerprint density at radius 2 is 0.467 bits per heavy atom. The van der Waals surface area contributed by atoms with Gasteiger partial charge in [-0.3, -0.25) is 0 Å². The molecule has 0 saturated heterocycles. The minimum Gasteiger partial charge on any atom is -0.309 e. The predicted octanol–water partition coefficient (Wildman–Crippen LogP) is 11.3. The van der Waals surface area contributed by atoms with Gasteiger partial charge >= 0.3 is 0 Å². The molecule has 0 atom stereocenters. The molecule has 0 bridgehead atoms. The molecule has 0 amide bonds. The summed E-state index contributed by atoms with van der Waals surface area (Å²) in [5, 5.41) is 10.5. The van der Waals surface area contributed by atoms with Crippen molar-refractivity contribution in [1.29, 1.82) is 0 Å². The molecule has 0 aliphatic carbocycles. The van der Waals surface area contributed by atoms with Gasteiger partial charge in [-0.25, -0.2) is 0 Å². The summed E-state index contributed by atoms with van der Waals surface area (Å²) >= 11 is 8.14. The van der Waals surface area contributed by atoms with Crippen LogP contribution in [0.2, 0.25) is 0 Å². The molecule has 0 spiro atoms. The molecule has 4 aromatic heterocycles. The molecule has 0 unspecified atom stereocenters. The average Bonchev–Trinajstić information content (AvgIpc) is 1.31. The molecule has 17 aromatic rings. The molecule has 406 valence electrons. The normalized spacial score (nSPS) is 14.8. The van der Waals surface area contributed by atoms with Crippen LogP contribution in [0.5, 0.6) is 0 Å². The van der Waals surface area contributed by atoms with E-state index in [1.165, 1.54) is 215 Å². The van der Waals surface area contributed by atoms with Crippen LogP contribution in [0.15, 0.2) is 270 Å². The van der Waals surface area contributed by atoms with E-state index in [4.69, 9.17) is 0 Å². The second kappa shape index (κ2) is 15.8. The zero-order valence-corrected chi connectivity index (χ0v) is 50.9. The molecule has 4 nitrogen and oxygen atoms in total. The lowest BCUT2D eigenvalue weighted by Crippen LogP contribution is -2.66. The van der Waals surface area contributed by atoms with E-state index >= 15 is 0 Å². The second-order valence-electron chi connectivity index (χ2n) is 25.9. The molecule has 12 heterocycles. The van der Waals surface area contributed by atoms with E-state index < -0.39 is 0 Å². The van der Waals surface area contributed by atoms with Crippen molar-refractivity contribution in [1.82, 2.24) is 18.3 Å². The summed E-state index contributed by atoms with van der Waals surface area (Å²) in [5.74, 6) is 0. The highest BCUT2D eigenvalue weighted by molar-refractivity contribution is 8.01. The van der Waals surface area contributed by atoms with E-state index in [0.29, 0.717) is 0 Å². The number of nitrogens with zero attached hydrogens (tertiary/aromatic N) is 4. The lowest BCUT2D eigenvalue weighted by Gasteiger charge is -2.43. The topological polar surface area (TPSA) is 19.7 Å². The summed E-state index contributed by atoms with van der Waals surface area (Å²) in [6, 6.07) is 89.9. The van der Waals surface area contributed by atoms with Gasteiger partial charge in [-0.05, 0) is 86.2 Å². The number of para-hydroxylation sites is 8. The van der Waals surface area contributed by atoms with Crippen LogP contribution in [-0.4, -0.2) is 45.1 Å². The van der Waals surface area contributed by atoms with E-state index in [0.717, 1.165) is 0 Å². The van der Waals surface area contributed by atoms with Gasteiger partial charge in [0.25, 0.3) is 0 Å². The zero-order valence-electron chi connectivity index (χ0n) is 47.7. The van der Waals surface area contributed by atoms with E-state index in [1.54, 1.807) is 0 Å². The Hall–Kier alpha value is -9.28. The fourth-order valence-electron chi connectivity index (χ4n) is 19.0. The number of fused-ring (bicyclic) bond motifs is 32. The monoisotopic (exact) mass is 1200 g/mol. The van der Waals surface area contributed by atoms with E-state index in [9.17, 15) is 0 Å². The smallest absolute Gasteiger partial charge is 0.249 e. The van der Waals surface area contributed by atoms with Gasteiger partial charge in [-0.1, -0.05) is 257 Å². The Balaban J connectivity index is 0.844. The van der Waals surface area contributed by atoms with Gasteiger partial charge in [-0.15, -0.1) is 0 Å². The van der Waals surface area contributed by atoms with Crippen molar-refractivity contribution in [3.8, 4) is 22.7 Å². The summed E-state index contributed by atoms with van der Waals surface area (Å²) < 4.78 is 10.9. The first-order valence-corrected chi connectivity index (χ1v) is 34.6. The zero-order chi connectivity index (χ0) is 57.4. The SMILES string of the molecule is c1ccc2c(c1)Sc1c3c(c4c5c1-n1c6ccccc6c6cccc(c61)B5c1cc5c(cc1S4)Sc1c4c(c6c7c1-n1c8ccccc8c8cccc(c81)B7c1ccccc1S6)-n1c6ccccc6c6cccc(c61)B54)-n1c4ccccc4c4cccc(c41)B23.